The Balaban J connectivity index is 2.00. The Kier molecular flexibility index (Phi) is 3.94. The second-order valence-corrected chi connectivity index (χ2v) is 5.61. The van der Waals surface area contributed by atoms with Gasteiger partial charge < -0.3 is 14.5 Å². The van der Waals surface area contributed by atoms with Crippen LogP contribution in [0.15, 0.2) is 12.7 Å². The molecule has 0 aromatic carbocycles. The fraction of sp³-hybridized carbons (Fsp3) is 0.375. The van der Waals surface area contributed by atoms with E-state index in [1.807, 2.05) is 0 Å². The van der Waals surface area contributed by atoms with Crippen molar-refractivity contribution in [1.29, 1.82) is 0 Å². The number of nitrogens with zero attached hydrogens (tertiary/aromatic N) is 4. The van der Waals surface area contributed by atoms with Gasteiger partial charge in [-0.1, -0.05) is 11.6 Å². The molecule has 0 saturated carbocycles. The van der Waals surface area contributed by atoms with E-state index in [-0.39, 0.29) is 24.7 Å². The smallest absolute Gasteiger partial charge is 0.327 e. The minimum atomic E-state index is -4.02. The van der Waals surface area contributed by atoms with E-state index in [1.165, 1.54) is 12.7 Å². The molecule has 2 N–H and O–H groups in total. The molecule has 0 bridgehead atoms. The quantitative estimate of drug-likeness (QED) is 0.472. The first-order valence-corrected chi connectivity index (χ1v) is 7.08. The lowest BCUT2D eigenvalue weighted by molar-refractivity contribution is 0.0891. The monoisotopic (exact) mass is 292 g/mol. The third-order valence-corrected chi connectivity index (χ3v) is 3.16. The van der Waals surface area contributed by atoms with Crippen LogP contribution in [-0.2, 0) is 16.0 Å². The van der Waals surface area contributed by atoms with Gasteiger partial charge in [-0.05, 0) is 0 Å². The molecule has 0 amide bonds. The van der Waals surface area contributed by atoms with E-state index in [2.05, 4.69) is 15.0 Å². The lowest BCUT2D eigenvalue weighted by atomic mass is 10.5. The molecule has 0 fully saturated rings. The minimum absolute atomic E-state index is 0.0528. The molecule has 0 unspecified atom stereocenters. The van der Waals surface area contributed by atoms with Crippen LogP contribution in [0.3, 0.4) is 0 Å². The Labute approximate surface area is 107 Å². The normalized spacial score (nSPS) is 12.2. The van der Waals surface area contributed by atoms with Gasteiger partial charge in [0, 0.05) is 0 Å². The zero-order valence-electron chi connectivity index (χ0n) is 9.10. The Hall–Kier alpha value is -1.05. The van der Waals surface area contributed by atoms with Crippen LogP contribution < -0.4 is 0 Å². The molecule has 0 atom stereocenters. The zero-order valence-corrected chi connectivity index (χ0v) is 10.8. The van der Waals surface area contributed by atoms with E-state index in [1.54, 1.807) is 4.57 Å². The third kappa shape index (κ3) is 3.24. The number of halogens is 1. The average Bonchev–Trinajstić information content (AvgIpc) is 2.68. The van der Waals surface area contributed by atoms with Crippen molar-refractivity contribution in [2.24, 2.45) is 0 Å². The molecule has 2 aromatic rings. The van der Waals surface area contributed by atoms with E-state index in [0.29, 0.717) is 11.2 Å². The largest absolute Gasteiger partial charge is 0.360 e. The summed E-state index contributed by atoms with van der Waals surface area (Å²) in [5.74, 6) is 0. The van der Waals surface area contributed by atoms with Crippen molar-refractivity contribution in [3.8, 4) is 0 Å². The van der Waals surface area contributed by atoms with Gasteiger partial charge in [-0.25, -0.2) is 15.0 Å². The molecule has 0 aliphatic rings. The fourth-order valence-corrected chi connectivity index (χ4v) is 1.84. The lowest BCUT2D eigenvalue weighted by Crippen LogP contribution is -2.06. The molecule has 0 aliphatic heterocycles. The van der Waals surface area contributed by atoms with Crippen LogP contribution in [0.4, 0.5) is 0 Å². The second-order valence-electron chi connectivity index (χ2n) is 3.48. The number of ether oxygens (including phenoxy) is 1. The summed E-state index contributed by atoms with van der Waals surface area (Å²) < 4.78 is 17.3. The maximum Gasteiger partial charge on any atom is 0.327 e. The van der Waals surface area contributed by atoms with Crippen LogP contribution in [0, 0.1) is 0 Å². The van der Waals surface area contributed by atoms with Crippen molar-refractivity contribution in [2.75, 3.05) is 12.8 Å². The first kappa shape index (κ1) is 13.4. The number of fused-ring (bicyclic) bond motifs is 1. The second kappa shape index (κ2) is 5.29. The van der Waals surface area contributed by atoms with E-state index < -0.39 is 7.60 Å². The standard InChI is InChI=1S/C8H10ClN4O4P/c9-7-6-8(11-3-10-7)13(4-12-6)5-17-1-2-18(14,15)16/h3-4H,1-2,5H2,(H2,14,15,16). The summed E-state index contributed by atoms with van der Waals surface area (Å²) in [7, 11) is -4.02. The summed E-state index contributed by atoms with van der Waals surface area (Å²) in [6.07, 6.45) is 2.45. The molecule has 0 spiro atoms. The van der Waals surface area contributed by atoms with E-state index in [4.69, 9.17) is 26.1 Å². The first-order chi connectivity index (χ1) is 8.47. The summed E-state index contributed by atoms with van der Waals surface area (Å²) in [5.41, 5.74) is 0.962. The molecular weight excluding hydrogens is 283 g/mol. The van der Waals surface area contributed by atoms with Crippen LogP contribution in [0.1, 0.15) is 0 Å². The molecule has 0 aliphatic carbocycles. The number of hydrogen-bond acceptors (Lipinski definition) is 5. The third-order valence-electron chi connectivity index (χ3n) is 2.11. The van der Waals surface area contributed by atoms with Crippen LogP contribution >= 0.6 is 19.2 Å². The van der Waals surface area contributed by atoms with Gasteiger partial charge in [0.05, 0.1) is 19.1 Å². The van der Waals surface area contributed by atoms with Gasteiger partial charge in [-0.3, -0.25) is 9.13 Å². The van der Waals surface area contributed by atoms with E-state index >= 15 is 0 Å². The molecule has 8 nitrogen and oxygen atoms in total. The van der Waals surface area contributed by atoms with Crippen LogP contribution in [0.2, 0.25) is 5.15 Å². The highest BCUT2D eigenvalue weighted by atomic mass is 35.5. The van der Waals surface area contributed by atoms with Gasteiger partial charge in [0.2, 0.25) is 0 Å². The highest BCUT2D eigenvalue weighted by Crippen LogP contribution is 2.33. The lowest BCUT2D eigenvalue weighted by Gasteiger charge is -2.06. The molecule has 2 rings (SSSR count). The molecule has 10 heteroatoms. The molecule has 98 valence electrons. The van der Waals surface area contributed by atoms with Crippen LogP contribution in [0.5, 0.6) is 0 Å². The summed E-state index contributed by atoms with van der Waals surface area (Å²) >= 11 is 5.82. The van der Waals surface area contributed by atoms with Gasteiger partial charge in [-0.15, -0.1) is 0 Å². The molecule has 18 heavy (non-hydrogen) atoms. The van der Waals surface area contributed by atoms with Crippen molar-refractivity contribution >= 4 is 30.4 Å². The van der Waals surface area contributed by atoms with Gasteiger partial charge in [0.1, 0.15) is 18.6 Å². The molecule has 2 heterocycles. The van der Waals surface area contributed by atoms with Crippen molar-refractivity contribution < 1.29 is 19.1 Å². The molecule has 0 radical (unpaired) electrons. The van der Waals surface area contributed by atoms with Gasteiger partial charge in [0.25, 0.3) is 0 Å². The first-order valence-electron chi connectivity index (χ1n) is 4.91. The maximum atomic E-state index is 10.6. The SMILES string of the molecule is O=P(O)(O)CCOCn1cnc2c(Cl)ncnc21. The average molecular weight is 293 g/mol. The maximum absolute atomic E-state index is 10.6. The summed E-state index contributed by atoms with van der Waals surface area (Å²) in [4.78, 5) is 29.1. The summed E-state index contributed by atoms with van der Waals surface area (Å²) in [5, 5.41) is 0.244. The van der Waals surface area contributed by atoms with Crippen molar-refractivity contribution in [1.82, 2.24) is 19.5 Å². The van der Waals surface area contributed by atoms with E-state index in [9.17, 15) is 4.57 Å². The van der Waals surface area contributed by atoms with Crippen LogP contribution in [-0.4, -0.2) is 42.1 Å². The highest BCUT2D eigenvalue weighted by Gasteiger charge is 2.12. The van der Waals surface area contributed by atoms with Gasteiger partial charge in [0.15, 0.2) is 10.8 Å². The van der Waals surface area contributed by atoms with Gasteiger partial charge >= 0.3 is 7.60 Å². The number of imidazole rings is 1. The molecular formula is C8H10ClN4O4P. The Morgan fingerprint density at radius 2 is 2.17 bits per heavy atom. The fourth-order valence-electron chi connectivity index (χ4n) is 1.29. The highest BCUT2D eigenvalue weighted by molar-refractivity contribution is 7.51. The topological polar surface area (TPSA) is 110 Å². The predicted octanol–water partition coefficient (Wildman–Crippen LogP) is 0.631. The zero-order chi connectivity index (χ0) is 13.2. The Bertz CT molecular complexity index is 598. The summed E-state index contributed by atoms with van der Waals surface area (Å²) in [6, 6.07) is 0. The Morgan fingerprint density at radius 3 is 2.89 bits per heavy atom. The van der Waals surface area contributed by atoms with Crippen molar-refractivity contribution in [2.45, 2.75) is 6.73 Å². The minimum Gasteiger partial charge on any atom is -0.360 e. The van der Waals surface area contributed by atoms with Crippen LogP contribution in [0.25, 0.3) is 11.2 Å². The Morgan fingerprint density at radius 1 is 1.39 bits per heavy atom. The van der Waals surface area contributed by atoms with Crippen molar-refractivity contribution in [3.05, 3.63) is 17.8 Å². The van der Waals surface area contributed by atoms with E-state index in [0.717, 1.165) is 0 Å². The summed E-state index contributed by atoms with van der Waals surface area (Å²) in [6.45, 7) is 0.0343. The van der Waals surface area contributed by atoms with Gasteiger partial charge in [-0.2, -0.15) is 0 Å². The number of rotatable bonds is 5. The predicted molar refractivity (Wildman–Crippen MR) is 63.2 cm³/mol. The number of aromatic nitrogens is 4. The van der Waals surface area contributed by atoms with Crippen molar-refractivity contribution in [3.63, 3.8) is 0 Å². The molecule has 2 aromatic heterocycles. The number of hydrogen-bond donors (Lipinski definition) is 2. The molecule has 0 saturated heterocycles.